The van der Waals surface area contributed by atoms with Crippen LogP contribution in [-0.2, 0) is 36.9 Å². The van der Waals surface area contributed by atoms with Crippen LogP contribution in [0.2, 0.25) is 0 Å². The zero-order chi connectivity index (χ0) is 29.3. The first-order valence-corrected chi connectivity index (χ1v) is 13.4. The first kappa shape index (κ1) is 28.5. The predicted molar refractivity (Wildman–Crippen MR) is 137 cm³/mol. The lowest BCUT2D eigenvalue weighted by atomic mass is 9.52. The van der Waals surface area contributed by atoms with E-state index in [1.54, 1.807) is 0 Å². The Labute approximate surface area is 230 Å². The van der Waals surface area contributed by atoms with Crippen molar-refractivity contribution in [2.45, 2.75) is 37.5 Å². The molecule has 3 unspecified atom stereocenters. The van der Waals surface area contributed by atoms with Crippen LogP contribution in [0.1, 0.15) is 34.3 Å². The van der Waals surface area contributed by atoms with Crippen LogP contribution < -0.4 is 5.73 Å². The second-order valence-electron chi connectivity index (χ2n) is 11.9. The summed E-state index contributed by atoms with van der Waals surface area (Å²) in [6, 6.07) is -0.0338. The summed E-state index contributed by atoms with van der Waals surface area (Å²) in [5, 5.41) is 22.4. The number of halogens is 1. The van der Waals surface area contributed by atoms with E-state index in [0.29, 0.717) is 25.7 Å². The summed E-state index contributed by atoms with van der Waals surface area (Å²) in [6.45, 7) is 2.14. The highest BCUT2D eigenvalue weighted by atomic mass is 19.1. The van der Waals surface area contributed by atoms with Crippen molar-refractivity contribution in [2.75, 3.05) is 40.9 Å². The molecule has 40 heavy (non-hydrogen) atoms. The molecule has 12 heteroatoms. The maximum Gasteiger partial charge on any atom is 0.235 e. The molecule has 5 rings (SSSR count). The molecule has 1 saturated heterocycles. The number of fused-ring (bicyclic) bond motifs is 3. The Hall–Kier alpha value is -3.06. The number of ketones is 4. The number of hydrogen-bond acceptors (Lipinski definition) is 10. The van der Waals surface area contributed by atoms with E-state index in [0.717, 1.165) is 6.42 Å². The van der Waals surface area contributed by atoms with Gasteiger partial charge in [-0.1, -0.05) is 0 Å². The molecule has 1 amide bonds. The van der Waals surface area contributed by atoms with E-state index >= 15 is 4.39 Å². The average molecular weight is 560 g/mol. The Kier molecular flexibility index (Phi) is 7.18. The van der Waals surface area contributed by atoms with E-state index in [4.69, 9.17) is 10.5 Å². The maximum absolute atomic E-state index is 15.9. The molecule has 1 aromatic rings. The Bertz CT molecular complexity index is 1310. The molecule has 1 aromatic carbocycles. The van der Waals surface area contributed by atoms with E-state index in [2.05, 4.69) is 0 Å². The molecule has 0 bridgehead atoms. The first-order valence-electron chi connectivity index (χ1n) is 13.4. The number of Topliss-reactive ketones (excluding diaryl/α,β-unsaturated/α-hetero) is 4. The van der Waals surface area contributed by atoms with Crippen molar-refractivity contribution in [3.8, 4) is 5.75 Å². The maximum atomic E-state index is 15.9. The third kappa shape index (κ3) is 4.20. The van der Waals surface area contributed by atoms with Crippen molar-refractivity contribution in [3.05, 3.63) is 28.6 Å². The average Bonchev–Trinajstić information content (AvgIpc) is 3.36. The fourth-order valence-corrected chi connectivity index (χ4v) is 7.35. The third-order valence-electron chi connectivity index (χ3n) is 9.10. The zero-order valence-electron chi connectivity index (χ0n) is 22.7. The number of rotatable bonds is 6. The van der Waals surface area contributed by atoms with Crippen molar-refractivity contribution in [1.82, 2.24) is 9.80 Å². The van der Waals surface area contributed by atoms with E-state index in [9.17, 15) is 34.2 Å². The number of phenols is 1. The fraction of sp³-hybridized carbons (Fsp3) is 0.607. The van der Waals surface area contributed by atoms with Gasteiger partial charge >= 0.3 is 0 Å². The number of amides is 1. The lowest BCUT2D eigenvalue weighted by Crippen LogP contribution is -2.74. The number of benzene rings is 1. The fourth-order valence-electron chi connectivity index (χ4n) is 7.35. The van der Waals surface area contributed by atoms with Gasteiger partial charge in [-0.3, -0.25) is 28.9 Å². The normalized spacial score (nSPS) is 33.8. The summed E-state index contributed by atoms with van der Waals surface area (Å²) in [6.07, 6.45) is 0.662. The molecule has 3 fully saturated rings. The molecule has 2 saturated carbocycles. The molecule has 4 N–H and O–H groups in total. The van der Waals surface area contributed by atoms with Crippen LogP contribution in [0.15, 0.2) is 6.07 Å². The summed E-state index contributed by atoms with van der Waals surface area (Å²) in [5.41, 5.74) is 2.33. The summed E-state index contributed by atoms with van der Waals surface area (Å²) in [7, 11) is 4.84. The highest BCUT2D eigenvalue weighted by molar-refractivity contribution is 6.32. The summed E-state index contributed by atoms with van der Waals surface area (Å²) >= 11 is 0. The van der Waals surface area contributed by atoms with Gasteiger partial charge < -0.3 is 25.6 Å². The number of likely N-dealkylation sites (N-methyl/N-ethyl adjacent to an activating group) is 1. The monoisotopic (exact) mass is 559 g/mol. The number of aliphatic hydroxyl groups is 1. The number of carbonyl (C=O) groups is 5. The van der Waals surface area contributed by atoms with E-state index < -0.39 is 75.9 Å². The second kappa shape index (κ2) is 10.1. The smallest absolute Gasteiger partial charge is 0.235 e. The van der Waals surface area contributed by atoms with Gasteiger partial charge in [0.05, 0.1) is 24.1 Å². The van der Waals surface area contributed by atoms with Crippen LogP contribution in [0.25, 0.3) is 0 Å². The third-order valence-corrected chi connectivity index (χ3v) is 9.10. The van der Waals surface area contributed by atoms with E-state index in [1.807, 2.05) is 11.9 Å². The molecule has 1 heterocycles. The number of nitrogens with two attached hydrogens (primary N) is 1. The highest BCUT2D eigenvalue weighted by Crippen LogP contribution is 2.51. The largest absolute Gasteiger partial charge is 0.507 e. The minimum Gasteiger partial charge on any atom is -0.507 e. The Morgan fingerprint density at radius 1 is 1.20 bits per heavy atom. The molecule has 7 atom stereocenters. The number of aromatic hydroxyl groups is 1. The van der Waals surface area contributed by atoms with Crippen molar-refractivity contribution in [1.29, 1.82) is 0 Å². The molecule has 3 aliphatic carbocycles. The van der Waals surface area contributed by atoms with Crippen LogP contribution in [-0.4, -0.2) is 102 Å². The molecule has 0 spiro atoms. The molecule has 0 radical (unpaired) electrons. The molecule has 0 aromatic heterocycles. The molecule has 216 valence electrons. The van der Waals surface area contributed by atoms with Crippen LogP contribution >= 0.6 is 0 Å². The Morgan fingerprint density at radius 3 is 2.50 bits per heavy atom. The van der Waals surface area contributed by atoms with Crippen LogP contribution in [0.4, 0.5) is 4.39 Å². The minimum absolute atomic E-state index is 0.0260. The summed E-state index contributed by atoms with van der Waals surface area (Å²) in [5.74, 6) is -12.0. The molecule has 4 aliphatic rings. The number of primary amides is 1. The standard InChI is InChI=1S/C28H34FN3O8/c1-31(2)22-16-7-13-6-15-19(17(33)8-14(21(15)29)10-32(3)9-12-4-5-40-11-12)23(34)18(13)25(36)28(16,39)26(37)20(24(22)35)27(30)38/h8,12-13,16,18,20,22,33,39H,4-7,9-11H2,1-3H3,(H2,30,38)/t12?,13-,16-,18?,20?,22-,28-/m0/s1. The molecular formula is C28H34FN3O8. The van der Waals surface area contributed by atoms with Gasteiger partial charge in [0, 0.05) is 36.7 Å². The summed E-state index contributed by atoms with van der Waals surface area (Å²) in [4.78, 5) is 69.3. The topological polar surface area (TPSA) is 168 Å². The van der Waals surface area contributed by atoms with E-state index in [-0.39, 0.29) is 36.1 Å². The first-order chi connectivity index (χ1) is 18.8. The van der Waals surface area contributed by atoms with Crippen molar-refractivity contribution < 1.29 is 43.3 Å². The number of nitrogens with zero attached hydrogens (tertiary/aromatic N) is 2. The van der Waals surface area contributed by atoms with Gasteiger partial charge in [-0.05, 0) is 58.3 Å². The molecule has 11 nitrogen and oxygen atoms in total. The van der Waals surface area contributed by atoms with Gasteiger partial charge in [0.1, 0.15) is 11.6 Å². The van der Waals surface area contributed by atoms with Crippen molar-refractivity contribution in [3.63, 3.8) is 0 Å². The van der Waals surface area contributed by atoms with Crippen LogP contribution in [0.5, 0.6) is 5.75 Å². The lowest BCUT2D eigenvalue weighted by Gasteiger charge is -2.52. The highest BCUT2D eigenvalue weighted by Gasteiger charge is 2.69. The molecule has 1 aliphatic heterocycles. The minimum atomic E-state index is -2.81. The molecular weight excluding hydrogens is 525 g/mol. The lowest BCUT2D eigenvalue weighted by molar-refractivity contribution is -0.181. The van der Waals surface area contributed by atoms with Gasteiger partial charge in [0.2, 0.25) is 5.91 Å². The van der Waals surface area contributed by atoms with Gasteiger partial charge in [-0.15, -0.1) is 0 Å². The van der Waals surface area contributed by atoms with Gasteiger partial charge in [0.25, 0.3) is 0 Å². The Balaban J connectivity index is 1.51. The summed E-state index contributed by atoms with van der Waals surface area (Å²) < 4.78 is 21.3. The quantitative estimate of drug-likeness (QED) is 0.386. The van der Waals surface area contributed by atoms with Gasteiger partial charge in [0.15, 0.2) is 34.7 Å². The predicted octanol–water partition coefficient (Wildman–Crippen LogP) is -0.526. The number of carbonyl (C=O) groups excluding carboxylic acids is 5. The van der Waals surface area contributed by atoms with Gasteiger partial charge in [-0.2, -0.15) is 0 Å². The number of ether oxygens (including phenoxy) is 1. The van der Waals surface area contributed by atoms with Crippen molar-refractivity contribution >= 4 is 29.0 Å². The number of phenolic OH excluding ortho intramolecular Hbond substituents is 1. The van der Waals surface area contributed by atoms with Crippen LogP contribution in [0.3, 0.4) is 0 Å². The SMILES string of the molecule is CN(Cc1cc(O)c2c(c1F)C[C@H]1C[C@H]3[C@H](N(C)C)C(=O)C(C(N)=O)C(=O)[C@@]3(O)C(=O)C1C2=O)CC1CCOC1. The number of hydrogen-bond donors (Lipinski definition) is 3. The van der Waals surface area contributed by atoms with E-state index in [1.165, 1.54) is 25.1 Å². The Morgan fingerprint density at radius 2 is 1.90 bits per heavy atom. The van der Waals surface area contributed by atoms with Gasteiger partial charge in [-0.25, -0.2) is 4.39 Å². The second-order valence-corrected chi connectivity index (χ2v) is 11.9. The van der Waals surface area contributed by atoms with Crippen molar-refractivity contribution in [2.24, 2.45) is 35.3 Å². The zero-order valence-corrected chi connectivity index (χ0v) is 22.7. The van der Waals surface area contributed by atoms with Crippen LogP contribution in [0, 0.1) is 35.4 Å².